The normalized spacial score (nSPS) is 13.3. The van der Waals surface area contributed by atoms with Crippen LogP contribution in [0.5, 0.6) is 0 Å². The zero-order valence-corrected chi connectivity index (χ0v) is 86.6. The molecule has 8 heterocycles. The SMILES string of the molecule is CC(=O)SCCOP(=O)(COCCn1cnc2c(=O)[nH]c(N)nc21)OCc1cccc(Cl)c1.CC(C)(C)C(=O)SCCOP(=O)(COCCn1cnc2c(=O)[nH]c(N)nc21)OCc1cccc(Cl)c1.CCC(=O)SCCOP(=O)(COCCn1cnc2c(=O)[nH]c(N)nc21)OCc1cccc(Cl)c1.Cc1ccc(C(=O)SCCOP(=O)(COCCn2cnc3c(=O)[nH]c(N)nc32)OCc2cccc(F)c2)cc1. The maximum absolute atomic E-state index is 13.6. The topological polar surface area (TPSA) is 606 Å². The van der Waals surface area contributed by atoms with E-state index in [-0.39, 0.29) is 209 Å². The van der Waals surface area contributed by atoms with Gasteiger partial charge < -0.3 is 96.3 Å². The largest absolute Gasteiger partial charge is 0.369 e. The molecule has 56 heteroatoms. The van der Waals surface area contributed by atoms with Gasteiger partial charge in [0, 0.05) is 88.6 Å². The fourth-order valence-electron chi connectivity index (χ4n) is 11.9. The fraction of sp³-hybridized carbons (Fsp3) is 0.372. The minimum Gasteiger partial charge on any atom is -0.369 e. The molecule has 0 amide bonds. The zero-order valence-electron chi connectivity index (χ0n) is 77.4. The van der Waals surface area contributed by atoms with E-state index in [0.29, 0.717) is 66.8 Å². The van der Waals surface area contributed by atoms with Crippen LogP contribution >= 0.6 is 112 Å². The molecule has 4 atom stereocenters. The molecule has 44 nitrogen and oxygen atoms in total. The third-order valence-corrected chi connectivity index (χ3v) is 29.8. The maximum atomic E-state index is 13.6. The van der Waals surface area contributed by atoms with E-state index in [4.69, 9.17) is 113 Å². The average Bonchev–Trinajstić information content (AvgIpc) is 1.67. The molecule has 0 aliphatic heterocycles. The average molecular weight is 2180 g/mol. The van der Waals surface area contributed by atoms with Crippen molar-refractivity contribution in [2.75, 3.05) is 124 Å². The zero-order chi connectivity index (χ0) is 103. The number of H-pyrrole nitrogens is 4. The van der Waals surface area contributed by atoms with Crippen LogP contribution in [0.25, 0.3) is 44.7 Å². The lowest BCUT2D eigenvalue weighted by molar-refractivity contribution is -0.117. The Morgan fingerprint density at radius 3 is 1.00 bits per heavy atom. The van der Waals surface area contributed by atoms with Crippen molar-refractivity contribution in [2.24, 2.45) is 5.41 Å². The number of nitrogens with one attached hydrogen (secondary N) is 4. The molecule has 0 fully saturated rings. The summed E-state index contributed by atoms with van der Waals surface area (Å²) < 4.78 is 140. The summed E-state index contributed by atoms with van der Waals surface area (Å²) in [5.74, 6) is 0.685. The summed E-state index contributed by atoms with van der Waals surface area (Å²) in [5.41, 5.74) is 26.3. The number of hydrogen-bond acceptors (Lipinski definition) is 40. The van der Waals surface area contributed by atoms with Crippen LogP contribution < -0.4 is 45.2 Å². The Morgan fingerprint density at radius 1 is 0.408 bits per heavy atom. The van der Waals surface area contributed by atoms with Gasteiger partial charge in [0.15, 0.2) is 60.0 Å². The monoisotopic (exact) mass is 2180 g/mol. The quantitative estimate of drug-likeness (QED) is 0.0130. The molecular weight excluding hydrogens is 2070 g/mol. The standard InChI is InChI=1S/C25H27FN5O6PS.C22H29ClN5O6PS.C20H25ClN5O6PS.C19H23ClN5O6PS/c1-17-5-7-19(8-6-17)24(33)39-12-11-36-38(34,37-14-18-3-2-4-20(26)13-18)16-35-10-9-31-15-28-21-22(31)29-25(27)30-23(21)32;1-22(2,3)20(30)36-10-9-33-35(31,34-12-15-5-4-6-16(23)11-15)14-32-8-7-28-13-25-17-18(28)26-21(24)27-19(17)29;1-2-16(27)34-9-8-31-33(29,32-11-14-4-3-5-15(21)10-14)13-30-7-6-26-12-23-17-18(26)24-20(22)25-19(17)28;1-13(26)33-8-7-30-32(28,31-10-14-3-2-4-15(20)9-14)12-29-6-5-25-11-22-16-17(25)23-19(21)24-18(16)27/h2-8,13,15H,9-12,14,16H2,1H3,(H3,27,29,30,32);4-6,11,13H,7-10,12,14H2,1-3H3,(H3,24,26,27,29);3-5,10,12H,2,6-9,11,13H2,1H3,(H3,22,24,25,28);2-4,9,11H,5-8,10,12H2,1H3,(H3,21,23,24,27). The molecule has 0 saturated carbocycles. The minimum atomic E-state index is -3.79. The van der Waals surface area contributed by atoms with Crippen LogP contribution in [-0.2, 0) is 140 Å². The van der Waals surface area contributed by atoms with Crippen molar-refractivity contribution < 1.29 is 97.0 Å². The van der Waals surface area contributed by atoms with Crippen LogP contribution in [0.15, 0.2) is 166 Å². The van der Waals surface area contributed by atoms with Gasteiger partial charge in [-0.15, -0.1) is 0 Å². The number of thioether (sulfide) groups is 4. The number of rotatable bonds is 50. The molecular formula is C86H104Cl3FN20O24P4S4. The van der Waals surface area contributed by atoms with Crippen LogP contribution in [0.4, 0.5) is 28.2 Å². The lowest BCUT2D eigenvalue weighted by atomic mass is 10.00. The number of ether oxygens (including phenoxy) is 4. The van der Waals surface area contributed by atoms with Crippen molar-refractivity contribution in [1.82, 2.24) is 78.1 Å². The molecule has 0 aliphatic rings. The smallest absolute Gasteiger partial charge is 0.356 e. The van der Waals surface area contributed by atoms with E-state index in [1.54, 1.807) is 116 Å². The van der Waals surface area contributed by atoms with Crippen LogP contribution in [0, 0.1) is 18.2 Å². The molecule has 0 bridgehead atoms. The lowest BCUT2D eigenvalue weighted by Gasteiger charge is -2.20. The van der Waals surface area contributed by atoms with Crippen LogP contribution in [0.2, 0.25) is 15.1 Å². The Kier molecular flexibility index (Phi) is 44.9. The molecule has 12 N–H and O–H groups in total. The van der Waals surface area contributed by atoms with Gasteiger partial charge in [0.05, 0.1) is 105 Å². The first-order valence-electron chi connectivity index (χ1n) is 43.1. The molecule has 0 radical (unpaired) electrons. The summed E-state index contributed by atoms with van der Waals surface area (Å²) >= 11 is 22.3. The number of aromatic amines is 4. The Morgan fingerprint density at radius 2 is 0.704 bits per heavy atom. The first-order chi connectivity index (χ1) is 67.7. The van der Waals surface area contributed by atoms with Gasteiger partial charge in [-0.2, -0.15) is 19.9 Å². The maximum Gasteiger partial charge on any atom is 0.356 e. The highest BCUT2D eigenvalue weighted by molar-refractivity contribution is 8.14. The third kappa shape index (κ3) is 37.6. The van der Waals surface area contributed by atoms with Gasteiger partial charge in [0.25, 0.3) is 22.2 Å². The number of carbonyl (C=O) groups excluding carboxylic acids is 4. The van der Waals surface area contributed by atoms with Crippen LogP contribution in [-0.4, -0.2) is 200 Å². The van der Waals surface area contributed by atoms with Gasteiger partial charge in [-0.1, -0.05) is 188 Å². The number of anilines is 4. The molecule has 764 valence electrons. The molecule has 0 saturated heterocycles. The van der Waals surface area contributed by atoms with Crippen molar-refractivity contribution >= 4 is 201 Å². The molecule has 13 rings (SSSR count). The number of fused-ring (bicyclic) bond motifs is 4. The van der Waals surface area contributed by atoms with Gasteiger partial charge in [-0.05, 0) is 77.7 Å². The molecule has 5 aromatic carbocycles. The molecule has 0 aliphatic carbocycles. The lowest BCUT2D eigenvalue weighted by Crippen LogP contribution is -2.17. The van der Waals surface area contributed by atoms with Gasteiger partial charge in [-0.3, -0.25) is 76.6 Å². The van der Waals surface area contributed by atoms with Gasteiger partial charge in [-0.25, -0.2) is 24.3 Å². The summed E-state index contributed by atoms with van der Waals surface area (Å²) in [4.78, 5) is 137. The highest BCUT2D eigenvalue weighted by Crippen LogP contribution is 2.52. The van der Waals surface area contributed by atoms with Crippen molar-refractivity contribution in [3.63, 3.8) is 0 Å². The van der Waals surface area contributed by atoms with Gasteiger partial charge in [0.1, 0.15) is 31.2 Å². The number of nitrogens with zero attached hydrogens (tertiary/aromatic N) is 12. The highest BCUT2D eigenvalue weighted by atomic mass is 35.5. The second-order valence-corrected chi connectivity index (χ2v) is 44.9. The molecule has 8 aromatic heterocycles. The summed E-state index contributed by atoms with van der Waals surface area (Å²) in [7, 11) is -14.7. The first kappa shape index (κ1) is 114. The summed E-state index contributed by atoms with van der Waals surface area (Å²) in [6.45, 7) is 12.1. The third-order valence-electron chi connectivity index (χ3n) is 18.9. The predicted molar refractivity (Wildman–Crippen MR) is 543 cm³/mol. The van der Waals surface area contributed by atoms with E-state index in [1.807, 2.05) is 39.8 Å². The molecule has 4 unspecified atom stereocenters. The number of aryl methyl sites for hydroxylation is 1. The number of nitrogens with two attached hydrogens (primary N) is 4. The number of nitrogen functional groups attached to an aromatic ring is 4. The molecule has 0 spiro atoms. The Labute approximate surface area is 843 Å². The number of halogens is 4. The first-order valence-corrected chi connectivity index (χ1v) is 55.1. The van der Waals surface area contributed by atoms with Crippen molar-refractivity contribution in [3.05, 3.63) is 242 Å². The van der Waals surface area contributed by atoms with Crippen molar-refractivity contribution in [3.8, 4) is 0 Å². The van der Waals surface area contributed by atoms with Crippen molar-refractivity contribution in [1.29, 1.82) is 0 Å². The van der Waals surface area contributed by atoms with Crippen LogP contribution in [0.1, 0.15) is 79.2 Å². The van der Waals surface area contributed by atoms with E-state index in [0.717, 1.165) is 69.3 Å². The fourth-order valence-corrected chi connectivity index (χ4v) is 20.7. The van der Waals surface area contributed by atoms with Gasteiger partial charge in [0.2, 0.25) is 28.9 Å². The van der Waals surface area contributed by atoms with E-state index >= 15 is 0 Å². The molecule has 13 aromatic rings. The van der Waals surface area contributed by atoms with E-state index in [1.165, 1.54) is 50.4 Å². The summed E-state index contributed by atoms with van der Waals surface area (Å²) in [6, 6.07) is 33.8. The Balaban J connectivity index is 0.000000195. The van der Waals surface area contributed by atoms with Gasteiger partial charge >= 0.3 is 30.4 Å². The minimum absolute atomic E-state index is 0.00734. The number of benzene rings is 5. The number of hydrogen-bond donors (Lipinski definition) is 8. The highest BCUT2D eigenvalue weighted by Gasteiger charge is 2.32. The van der Waals surface area contributed by atoms with E-state index in [2.05, 4.69) is 59.8 Å². The summed E-state index contributed by atoms with van der Waals surface area (Å²) in [6.07, 6.45) is 4.87. The number of carbonyl (C=O) groups is 4. The second-order valence-electron chi connectivity index (χ2n) is 31.1. The number of imidazole rings is 4. The second kappa shape index (κ2) is 55.9. The Bertz CT molecular complexity index is 6920. The molecule has 142 heavy (non-hydrogen) atoms. The van der Waals surface area contributed by atoms with E-state index in [9.17, 15) is 61.0 Å². The van der Waals surface area contributed by atoms with E-state index < -0.39 is 63.9 Å². The summed E-state index contributed by atoms with van der Waals surface area (Å²) in [5, 5.41) is 1.43. The van der Waals surface area contributed by atoms with Crippen LogP contribution in [0.3, 0.4) is 0 Å². The Hall–Kier alpha value is -9.98. The predicted octanol–water partition coefficient (Wildman–Crippen LogP) is 14.6. The number of aromatic nitrogens is 16. The van der Waals surface area contributed by atoms with Crippen molar-refractivity contribution in [2.45, 2.75) is 101 Å².